The maximum absolute atomic E-state index is 9.49. The number of nitrogens with two attached hydrogens (primary N) is 1. The second kappa shape index (κ2) is 3.66. The molecule has 3 aromatic rings. The number of hydrogen-bond donors (Lipinski definition) is 3. The molecule has 2 aromatic carbocycles. The van der Waals surface area contributed by atoms with Crippen LogP contribution in [0.1, 0.15) is 0 Å². The Labute approximate surface area is 102 Å². The lowest BCUT2D eigenvalue weighted by Crippen LogP contribution is -1.84. The molecule has 5 heteroatoms. The molecule has 0 aliphatic heterocycles. The molecular formula is C13H10N2O3. The summed E-state index contributed by atoms with van der Waals surface area (Å²) < 4.78 is 5.51. The lowest BCUT2D eigenvalue weighted by Gasteiger charge is -1.95. The molecule has 0 radical (unpaired) electrons. The van der Waals surface area contributed by atoms with Crippen molar-refractivity contribution in [3.8, 4) is 23.0 Å². The van der Waals surface area contributed by atoms with Crippen LogP contribution in [0.2, 0.25) is 0 Å². The van der Waals surface area contributed by atoms with Crippen molar-refractivity contribution in [2.75, 3.05) is 5.73 Å². The molecule has 0 saturated heterocycles. The monoisotopic (exact) mass is 242 g/mol. The first kappa shape index (κ1) is 10.5. The summed E-state index contributed by atoms with van der Waals surface area (Å²) in [4.78, 5) is 4.26. The lowest BCUT2D eigenvalue weighted by atomic mass is 10.2. The predicted octanol–water partition coefficient (Wildman–Crippen LogP) is 2.49. The third-order valence-electron chi connectivity index (χ3n) is 2.63. The summed E-state index contributed by atoms with van der Waals surface area (Å²) in [5.74, 6) is 0.462. The van der Waals surface area contributed by atoms with E-state index in [1.807, 2.05) is 0 Å². The summed E-state index contributed by atoms with van der Waals surface area (Å²) in [6, 6.07) is 9.55. The Balaban J connectivity index is 2.19. The summed E-state index contributed by atoms with van der Waals surface area (Å²) in [5.41, 5.74) is 7.49. The molecule has 90 valence electrons. The zero-order valence-corrected chi connectivity index (χ0v) is 9.29. The highest BCUT2D eigenvalue weighted by Gasteiger charge is 2.10. The number of fused-ring (bicyclic) bond motifs is 1. The topological polar surface area (TPSA) is 92.5 Å². The van der Waals surface area contributed by atoms with Gasteiger partial charge in [-0.1, -0.05) is 6.07 Å². The van der Waals surface area contributed by atoms with E-state index in [2.05, 4.69) is 4.98 Å². The van der Waals surface area contributed by atoms with E-state index in [0.717, 1.165) is 0 Å². The van der Waals surface area contributed by atoms with Crippen LogP contribution in [-0.4, -0.2) is 15.2 Å². The number of phenols is 2. The molecule has 0 amide bonds. The molecule has 0 unspecified atom stereocenters. The summed E-state index contributed by atoms with van der Waals surface area (Å²) in [7, 11) is 0. The Morgan fingerprint density at radius 2 is 1.94 bits per heavy atom. The maximum atomic E-state index is 9.49. The van der Waals surface area contributed by atoms with E-state index in [1.54, 1.807) is 30.3 Å². The maximum Gasteiger partial charge on any atom is 0.227 e. The van der Waals surface area contributed by atoms with E-state index in [1.165, 1.54) is 6.07 Å². The molecule has 18 heavy (non-hydrogen) atoms. The van der Waals surface area contributed by atoms with Gasteiger partial charge in [-0.3, -0.25) is 0 Å². The summed E-state index contributed by atoms with van der Waals surface area (Å²) in [6.07, 6.45) is 0. The van der Waals surface area contributed by atoms with Gasteiger partial charge in [0.2, 0.25) is 5.89 Å². The molecule has 1 heterocycles. The average Bonchev–Trinajstić information content (AvgIpc) is 2.73. The number of nitrogens with zero attached hydrogens (tertiary/aromatic N) is 1. The fraction of sp³-hybridized carbons (Fsp3) is 0. The van der Waals surface area contributed by atoms with Crippen molar-refractivity contribution in [1.29, 1.82) is 0 Å². The molecule has 4 N–H and O–H groups in total. The van der Waals surface area contributed by atoms with E-state index in [-0.39, 0.29) is 17.2 Å². The van der Waals surface area contributed by atoms with E-state index in [9.17, 15) is 10.2 Å². The van der Waals surface area contributed by atoms with Crippen LogP contribution in [0.4, 0.5) is 5.69 Å². The molecule has 0 bridgehead atoms. The van der Waals surface area contributed by atoms with Gasteiger partial charge in [-0.05, 0) is 24.3 Å². The molecule has 0 aliphatic rings. The van der Waals surface area contributed by atoms with Crippen LogP contribution in [-0.2, 0) is 0 Å². The van der Waals surface area contributed by atoms with Crippen LogP contribution in [0.3, 0.4) is 0 Å². The van der Waals surface area contributed by atoms with Gasteiger partial charge in [0.15, 0.2) is 5.58 Å². The highest BCUT2D eigenvalue weighted by molar-refractivity contribution is 5.82. The van der Waals surface area contributed by atoms with Gasteiger partial charge in [-0.2, -0.15) is 0 Å². The minimum absolute atomic E-state index is 0.0406. The number of aromatic nitrogens is 1. The molecule has 3 rings (SSSR count). The number of anilines is 1. The largest absolute Gasteiger partial charge is 0.508 e. The van der Waals surface area contributed by atoms with Gasteiger partial charge in [0.25, 0.3) is 0 Å². The SMILES string of the molecule is Nc1cc2nc(-c3cccc(O)c3)oc2cc1O. The van der Waals surface area contributed by atoms with Crippen molar-refractivity contribution in [1.82, 2.24) is 4.98 Å². The van der Waals surface area contributed by atoms with Gasteiger partial charge in [0.1, 0.15) is 17.0 Å². The zero-order chi connectivity index (χ0) is 12.7. The number of oxazole rings is 1. The van der Waals surface area contributed by atoms with E-state index >= 15 is 0 Å². The van der Waals surface area contributed by atoms with Crippen molar-refractivity contribution < 1.29 is 14.6 Å². The van der Waals surface area contributed by atoms with Gasteiger partial charge < -0.3 is 20.4 Å². The number of aromatic hydroxyl groups is 2. The molecule has 1 aromatic heterocycles. The minimum Gasteiger partial charge on any atom is -0.508 e. The van der Waals surface area contributed by atoms with Gasteiger partial charge >= 0.3 is 0 Å². The van der Waals surface area contributed by atoms with Gasteiger partial charge in [0, 0.05) is 11.6 Å². The normalized spacial score (nSPS) is 10.9. The van der Waals surface area contributed by atoms with Crippen molar-refractivity contribution >= 4 is 16.8 Å². The minimum atomic E-state index is -0.0406. The average molecular weight is 242 g/mol. The lowest BCUT2D eigenvalue weighted by molar-refractivity contribution is 0.474. The molecule has 0 atom stereocenters. The number of nitrogen functional groups attached to an aromatic ring is 1. The smallest absolute Gasteiger partial charge is 0.227 e. The predicted molar refractivity (Wildman–Crippen MR) is 67.2 cm³/mol. The zero-order valence-electron chi connectivity index (χ0n) is 9.29. The fourth-order valence-electron chi connectivity index (χ4n) is 1.74. The van der Waals surface area contributed by atoms with E-state index in [0.29, 0.717) is 22.6 Å². The molecule has 0 saturated carbocycles. The second-order valence-corrected chi connectivity index (χ2v) is 3.95. The first-order valence-corrected chi connectivity index (χ1v) is 5.32. The fourth-order valence-corrected chi connectivity index (χ4v) is 1.74. The van der Waals surface area contributed by atoms with Gasteiger partial charge in [-0.25, -0.2) is 4.98 Å². The van der Waals surface area contributed by atoms with Crippen molar-refractivity contribution in [2.45, 2.75) is 0 Å². The number of hydrogen-bond acceptors (Lipinski definition) is 5. The second-order valence-electron chi connectivity index (χ2n) is 3.95. The Kier molecular flexibility index (Phi) is 2.13. The molecule has 0 aliphatic carbocycles. The first-order valence-electron chi connectivity index (χ1n) is 5.32. The highest BCUT2D eigenvalue weighted by atomic mass is 16.3. The Morgan fingerprint density at radius 1 is 1.11 bits per heavy atom. The van der Waals surface area contributed by atoms with E-state index < -0.39 is 0 Å². The number of benzene rings is 2. The summed E-state index contributed by atoms with van der Waals surface area (Å²) >= 11 is 0. The Hall–Kier alpha value is -2.69. The molecule has 5 nitrogen and oxygen atoms in total. The van der Waals surface area contributed by atoms with Crippen molar-refractivity contribution in [3.63, 3.8) is 0 Å². The quantitative estimate of drug-likeness (QED) is 0.450. The van der Waals surface area contributed by atoms with Crippen LogP contribution in [0.25, 0.3) is 22.6 Å². The first-order chi connectivity index (χ1) is 8.63. The van der Waals surface area contributed by atoms with Crippen LogP contribution >= 0.6 is 0 Å². The van der Waals surface area contributed by atoms with Crippen LogP contribution in [0.5, 0.6) is 11.5 Å². The Morgan fingerprint density at radius 3 is 2.72 bits per heavy atom. The van der Waals surface area contributed by atoms with Crippen molar-refractivity contribution in [2.24, 2.45) is 0 Å². The van der Waals surface area contributed by atoms with E-state index in [4.69, 9.17) is 10.2 Å². The number of rotatable bonds is 1. The third-order valence-corrected chi connectivity index (χ3v) is 2.63. The standard InChI is InChI=1S/C13H10N2O3/c14-9-5-10-12(6-11(9)17)18-13(15-10)7-2-1-3-8(16)4-7/h1-6,16-17H,14H2. The molecule has 0 fully saturated rings. The number of phenolic OH excluding ortho intramolecular Hbond substituents is 2. The summed E-state index contributed by atoms with van der Waals surface area (Å²) in [5, 5.41) is 18.9. The van der Waals surface area contributed by atoms with Gasteiger partial charge in [-0.15, -0.1) is 0 Å². The third kappa shape index (κ3) is 1.62. The Bertz CT molecular complexity index is 695. The van der Waals surface area contributed by atoms with Gasteiger partial charge in [0.05, 0.1) is 5.69 Å². The molecular weight excluding hydrogens is 232 g/mol. The van der Waals surface area contributed by atoms with Crippen LogP contribution in [0, 0.1) is 0 Å². The summed E-state index contributed by atoms with van der Waals surface area (Å²) in [6.45, 7) is 0. The highest BCUT2D eigenvalue weighted by Crippen LogP contribution is 2.31. The van der Waals surface area contributed by atoms with Crippen LogP contribution in [0.15, 0.2) is 40.8 Å². The molecule has 0 spiro atoms. The van der Waals surface area contributed by atoms with Crippen LogP contribution < -0.4 is 5.73 Å². The van der Waals surface area contributed by atoms with Crippen molar-refractivity contribution in [3.05, 3.63) is 36.4 Å².